The molecule has 0 aliphatic heterocycles. The van der Waals surface area contributed by atoms with Crippen LogP contribution < -0.4 is 15.5 Å². The Labute approximate surface area is 154 Å². The van der Waals surface area contributed by atoms with Crippen LogP contribution >= 0.6 is 0 Å². The summed E-state index contributed by atoms with van der Waals surface area (Å²) in [5.74, 6) is 1.10. The monoisotopic (exact) mass is 348 g/mol. The van der Waals surface area contributed by atoms with Crippen LogP contribution in [0, 0.1) is 0 Å². The standard InChI is InChI=1S/C22H24N2O2/c1-3-4-13-26-21-16-24(22(23-2)15-20(21)25)19-12-8-11-18(14-19)17-9-6-5-7-10-17/h5-12,14-16,23H,3-4,13H2,1-2H3. The van der Waals surface area contributed by atoms with Crippen LogP contribution in [-0.2, 0) is 0 Å². The molecule has 4 heteroatoms. The molecule has 3 aromatic rings. The van der Waals surface area contributed by atoms with Gasteiger partial charge in [-0.05, 0) is 29.7 Å². The highest BCUT2D eigenvalue weighted by Gasteiger charge is 2.09. The molecule has 0 spiro atoms. The number of unbranched alkanes of at least 4 members (excludes halogenated alkanes) is 1. The van der Waals surface area contributed by atoms with E-state index in [9.17, 15) is 4.79 Å². The van der Waals surface area contributed by atoms with E-state index in [1.165, 1.54) is 0 Å². The third kappa shape index (κ3) is 3.97. The highest BCUT2D eigenvalue weighted by molar-refractivity contribution is 5.66. The molecule has 0 amide bonds. The van der Waals surface area contributed by atoms with Crippen molar-refractivity contribution in [2.75, 3.05) is 19.0 Å². The van der Waals surface area contributed by atoms with E-state index in [2.05, 4.69) is 36.5 Å². The lowest BCUT2D eigenvalue weighted by atomic mass is 10.1. The number of benzene rings is 2. The maximum Gasteiger partial charge on any atom is 0.225 e. The van der Waals surface area contributed by atoms with Gasteiger partial charge in [0.05, 0.1) is 12.8 Å². The first-order valence-electron chi connectivity index (χ1n) is 8.96. The van der Waals surface area contributed by atoms with Gasteiger partial charge in [0.2, 0.25) is 5.43 Å². The first-order chi connectivity index (χ1) is 12.7. The van der Waals surface area contributed by atoms with Crippen molar-refractivity contribution >= 4 is 5.82 Å². The van der Waals surface area contributed by atoms with Crippen LogP contribution in [0.15, 0.2) is 71.7 Å². The van der Waals surface area contributed by atoms with Crippen LogP contribution in [0.5, 0.6) is 5.75 Å². The van der Waals surface area contributed by atoms with Crippen molar-refractivity contribution in [1.82, 2.24) is 4.57 Å². The Balaban J connectivity index is 2.02. The molecule has 4 nitrogen and oxygen atoms in total. The number of pyridine rings is 1. The average Bonchev–Trinajstić information content (AvgIpc) is 2.70. The van der Waals surface area contributed by atoms with Crippen molar-refractivity contribution in [3.05, 3.63) is 77.1 Å². The van der Waals surface area contributed by atoms with Gasteiger partial charge in [0.15, 0.2) is 5.75 Å². The summed E-state index contributed by atoms with van der Waals surface area (Å²) in [6, 6.07) is 20.0. The van der Waals surface area contributed by atoms with E-state index in [-0.39, 0.29) is 5.43 Å². The topological polar surface area (TPSA) is 43.3 Å². The second kappa shape index (κ2) is 8.39. The minimum absolute atomic E-state index is 0.110. The molecule has 0 unspecified atom stereocenters. The van der Waals surface area contributed by atoms with Crippen molar-refractivity contribution < 1.29 is 4.74 Å². The van der Waals surface area contributed by atoms with Crippen LogP contribution in [0.25, 0.3) is 16.8 Å². The first kappa shape index (κ1) is 17.8. The zero-order valence-corrected chi connectivity index (χ0v) is 15.2. The van der Waals surface area contributed by atoms with Crippen LogP contribution in [0.3, 0.4) is 0 Å². The quantitative estimate of drug-likeness (QED) is 0.628. The lowest BCUT2D eigenvalue weighted by Gasteiger charge is -2.16. The van der Waals surface area contributed by atoms with E-state index in [0.717, 1.165) is 35.5 Å². The van der Waals surface area contributed by atoms with Gasteiger partial charge in [0.25, 0.3) is 0 Å². The number of ether oxygens (including phenoxy) is 1. The lowest BCUT2D eigenvalue weighted by Crippen LogP contribution is -2.14. The molecule has 0 saturated carbocycles. The highest BCUT2D eigenvalue weighted by atomic mass is 16.5. The maximum absolute atomic E-state index is 12.3. The number of rotatable bonds is 7. The second-order valence-corrected chi connectivity index (χ2v) is 6.13. The zero-order valence-electron chi connectivity index (χ0n) is 15.2. The average molecular weight is 348 g/mol. The summed E-state index contributed by atoms with van der Waals surface area (Å²) in [7, 11) is 1.81. The Morgan fingerprint density at radius 2 is 1.77 bits per heavy atom. The molecule has 0 bridgehead atoms. The number of nitrogens with zero attached hydrogens (tertiary/aromatic N) is 1. The fourth-order valence-electron chi connectivity index (χ4n) is 2.82. The van der Waals surface area contributed by atoms with Gasteiger partial charge in [-0.1, -0.05) is 55.8 Å². The van der Waals surface area contributed by atoms with Gasteiger partial charge in [0.1, 0.15) is 5.82 Å². The summed E-state index contributed by atoms with van der Waals surface area (Å²) in [6.07, 6.45) is 3.73. The number of nitrogens with one attached hydrogen (secondary N) is 1. The van der Waals surface area contributed by atoms with Crippen molar-refractivity contribution in [3.63, 3.8) is 0 Å². The summed E-state index contributed by atoms with van der Waals surface area (Å²) in [4.78, 5) is 12.3. The van der Waals surface area contributed by atoms with E-state index in [1.807, 2.05) is 41.9 Å². The molecule has 1 N–H and O–H groups in total. The van der Waals surface area contributed by atoms with Crippen molar-refractivity contribution in [2.45, 2.75) is 19.8 Å². The van der Waals surface area contributed by atoms with Gasteiger partial charge < -0.3 is 10.1 Å². The molecule has 0 aliphatic carbocycles. The van der Waals surface area contributed by atoms with Gasteiger partial charge in [0, 0.05) is 18.8 Å². The van der Waals surface area contributed by atoms with Gasteiger partial charge >= 0.3 is 0 Å². The molecule has 0 aliphatic rings. The van der Waals surface area contributed by atoms with Gasteiger partial charge in [-0.2, -0.15) is 0 Å². The third-order valence-electron chi connectivity index (χ3n) is 4.26. The predicted octanol–water partition coefficient (Wildman–Crippen LogP) is 4.73. The molecule has 2 aromatic carbocycles. The van der Waals surface area contributed by atoms with Gasteiger partial charge in [-0.15, -0.1) is 0 Å². The predicted molar refractivity (Wildman–Crippen MR) is 107 cm³/mol. The number of hydrogen-bond acceptors (Lipinski definition) is 3. The summed E-state index contributed by atoms with van der Waals surface area (Å²) in [5.41, 5.74) is 3.13. The van der Waals surface area contributed by atoms with Crippen LogP contribution in [0.1, 0.15) is 19.8 Å². The molecular weight excluding hydrogens is 324 g/mol. The molecule has 0 radical (unpaired) electrons. The third-order valence-corrected chi connectivity index (χ3v) is 4.26. The van der Waals surface area contributed by atoms with E-state index >= 15 is 0 Å². The Morgan fingerprint density at radius 1 is 1.00 bits per heavy atom. The van der Waals surface area contributed by atoms with Crippen molar-refractivity contribution in [1.29, 1.82) is 0 Å². The first-order valence-corrected chi connectivity index (χ1v) is 8.96. The van der Waals surface area contributed by atoms with Crippen LogP contribution in [0.4, 0.5) is 5.82 Å². The number of aromatic nitrogens is 1. The molecule has 1 heterocycles. The Hall–Kier alpha value is -3.01. The van der Waals surface area contributed by atoms with Crippen LogP contribution in [-0.4, -0.2) is 18.2 Å². The Morgan fingerprint density at radius 3 is 2.50 bits per heavy atom. The fourth-order valence-corrected chi connectivity index (χ4v) is 2.82. The number of anilines is 1. The minimum atomic E-state index is -0.110. The molecule has 1 aromatic heterocycles. The molecule has 0 saturated heterocycles. The zero-order chi connectivity index (χ0) is 18.4. The van der Waals surface area contributed by atoms with Crippen molar-refractivity contribution in [3.8, 4) is 22.6 Å². The molecular formula is C22H24N2O2. The number of hydrogen-bond donors (Lipinski definition) is 1. The normalized spacial score (nSPS) is 10.5. The van der Waals surface area contributed by atoms with Gasteiger partial charge in [-0.25, -0.2) is 0 Å². The molecule has 26 heavy (non-hydrogen) atoms. The van der Waals surface area contributed by atoms with E-state index < -0.39 is 0 Å². The smallest absolute Gasteiger partial charge is 0.225 e. The summed E-state index contributed by atoms with van der Waals surface area (Å²) < 4.78 is 7.65. The largest absolute Gasteiger partial charge is 0.488 e. The van der Waals surface area contributed by atoms with Crippen molar-refractivity contribution in [2.24, 2.45) is 0 Å². The summed E-state index contributed by atoms with van der Waals surface area (Å²) in [6.45, 7) is 2.65. The molecule has 0 atom stereocenters. The molecule has 134 valence electrons. The van der Waals surface area contributed by atoms with E-state index in [0.29, 0.717) is 12.4 Å². The van der Waals surface area contributed by atoms with E-state index in [4.69, 9.17) is 4.74 Å². The highest BCUT2D eigenvalue weighted by Crippen LogP contribution is 2.24. The lowest BCUT2D eigenvalue weighted by molar-refractivity contribution is 0.305. The SMILES string of the molecule is CCCCOc1cn(-c2cccc(-c3ccccc3)c2)c(NC)cc1=O. The van der Waals surface area contributed by atoms with E-state index in [1.54, 1.807) is 12.3 Å². The molecule has 0 fully saturated rings. The summed E-state index contributed by atoms with van der Waals surface area (Å²) in [5, 5.41) is 3.10. The molecule has 3 rings (SSSR count). The maximum atomic E-state index is 12.3. The fraction of sp³-hybridized carbons (Fsp3) is 0.227. The van der Waals surface area contributed by atoms with Gasteiger partial charge in [-0.3, -0.25) is 9.36 Å². The summed E-state index contributed by atoms with van der Waals surface area (Å²) >= 11 is 0. The Bertz CT molecular complexity index is 917. The minimum Gasteiger partial charge on any atom is -0.488 e. The second-order valence-electron chi connectivity index (χ2n) is 6.13. The Kier molecular flexibility index (Phi) is 5.74. The van der Waals surface area contributed by atoms with Crippen LogP contribution in [0.2, 0.25) is 0 Å².